The zero-order chi connectivity index (χ0) is 12.2. The van der Waals surface area contributed by atoms with Crippen LogP contribution in [-0.2, 0) is 14.3 Å². The van der Waals surface area contributed by atoms with Gasteiger partial charge in [0.1, 0.15) is 11.9 Å². The summed E-state index contributed by atoms with van der Waals surface area (Å²) in [5, 5.41) is 8.87. The quantitative estimate of drug-likeness (QED) is 0.686. The number of ketones is 1. The molecule has 4 nitrogen and oxygen atoms in total. The number of hydrogen-bond donors (Lipinski definition) is 0. The van der Waals surface area contributed by atoms with E-state index in [0.717, 1.165) is 19.3 Å². The number of Topliss-reactive ketones (excluding diaryl/α,β-unsaturated/α-hetero) is 1. The standard InChI is InChI=1S/C12H17NO3/c1-9(14)16-10(8-13)7-12(2)6-4-3-5-11(12)15/h10H,3-7H2,1-2H3/t10-,12+/m1/s1. The predicted octanol–water partition coefficient (Wildman–Crippen LogP) is 1.98. The monoisotopic (exact) mass is 223 g/mol. The van der Waals surface area contributed by atoms with Crippen LogP contribution < -0.4 is 0 Å². The molecule has 88 valence electrons. The van der Waals surface area contributed by atoms with Crippen molar-refractivity contribution >= 4 is 11.8 Å². The molecule has 1 rings (SSSR count). The lowest BCUT2D eigenvalue weighted by molar-refractivity contribution is -0.147. The molecule has 0 spiro atoms. The first-order chi connectivity index (χ1) is 7.48. The van der Waals surface area contributed by atoms with Gasteiger partial charge in [-0.2, -0.15) is 5.26 Å². The number of esters is 1. The summed E-state index contributed by atoms with van der Waals surface area (Å²) in [4.78, 5) is 22.6. The highest BCUT2D eigenvalue weighted by molar-refractivity contribution is 5.85. The SMILES string of the molecule is CC(=O)O[C@@H](C#N)C[C@]1(C)CCCCC1=O. The second-order valence-corrected chi connectivity index (χ2v) is 4.62. The van der Waals surface area contributed by atoms with Gasteiger partial charge in [-0.3, -0.25) is 9.59 Å². The number of rotatable bonds is 3. The van der Waals surface area contributed by atoms with E-state index in [1.54, 1.807) is 0 Å². The average molecular weight is 223 g/mol. The number of nitriles is 1. The lowest BCUT2D eigenvalue weighted by Crippen LogP contribution is -2.35. The molecule has 0 bridgehead atoms. The van der Waals surface area contributed by atoms with Crippen LogP contribution in [-0.4, -0.2) is 17.9 Å². The van der Waals surface area contributed by atoms with Crippen molar-refractivity contribution in [3.63, 3.8) is 0 Å². The Bertz CT molecular complexity index is 332. The van der Waals surface area contributed by atoms with Gasteiger partial charge in [0.2, 0.25) is 0 Å². The Hall–Kier alpha value is -1.37. The molecule has 0 aromatic rings. The summed E-state index contributed by atoms with van der Waals surface area (Å²) < 4.78 is 4.86. The topological polar surface area (TPSA) is 67.2 Å². The predicted molar refractivity (Wildman–Crippen MR) is 57.4 cm³/mol. The van der Waals surface area contributed by atoms with Crippen LogP contribution in [0.1, 0.15) is 46.0 Å². The summed E-state index contributed by atoms with van der Waals surface area (Å²) in [7, 11) is 0. The summed E-state index contributed by atoms with van der Waals surface area (Å²) in [5.74, 6) is -0.287. The van der Waals surface area contributed by atoms with E-state index in [-0.39, 0.29) is 5.78 Å². The number of nitrogens with zero attached hydrogens (tertiary/aromatic N) is 1. The summed E-state index contributed by atoms with van der Waals surface area (Å²) >= 11 is 0. The van der Waals surface area contributed by atoms with Crippen molar-refractivity contribution in [2.45, 2.75) is 52.1 Å². The molecule has 4 heteroatoms. The van der Waals surface area contributed by atoms with Gasteiger partial charge in [-0.25, -0.2) is 0 Å². The molecule has 1 saturated carbocycles. The van der Waals surface area contributed by atoms with Gasteiger partial charge < -0.3 is 4.74 Å². The molecule has 0 amide bonds. The van der Waals surface area contributed by atoms with Gasteiger partial charge in [-0.15, -0.1) is 0 Å². The van der Waals surface area contributed by atoms with Crippen molar-refractivity contribution < 1.29 is 14.3 Å². The molecule has 16 heavy (non-hydrogen) atoms. The van der Waals surface area contributed by atoms with Crippen LogP contribution in [0.25, 0.3) is 0 Å². The Labute approximate surface area is 95.6 Å². The molecule has 0 aromatic heterocycles. The highest BCUT2D eigenvalue weighted by atomic mass is 16.5. The molecule has 0 saturated heterocycles. The lowest BCUT2D eigenvalue weighted by atomic mass is 9.71. The van der Waals surface area contributed by atoms with E-state index in [2.05, 4.69) is 0 Å². The normalized spacial score (nSPS) is 26.9. The molecule has 2 atom stereocenters. The van der Waals surface area contributed by atoms with Crippen molar-refractivity contribution in [3.05, 3.63) is 0 Å². The number of carbonyl (C=O) groups excluding carboxylic acids is 2. The molecule has 0 radical (unpaired) electrons. The third-order valence-electron chi connectivity index (χ3n) is 3.14. The van der Waals surface area contributed by atoms with Gasteiger partial charge >= 0.3 is 5.97 Å². The Kier molecular flexibility index (Phi) is 4.05. The van der Waals surface area contributed by atoms with Crippen LogP contribution in [0.4, 0.5) is 0 Å². The summed E-state index contributed by atoms with van der Waals surface area (Å²) in [5.41, 5.74) is -0.492. The molecule has 1 fully saturated rings. The Morgan fingerprint density at radius 3 is 2.81 bits per heavy atom. The maximum absolute atomic E-state index is 11.8. The third kappa shape index (κ3) is 3.06. The van der Waals surface area contributed by atoms with E-state index in [9.17, 15) is 9.59 Å². The fraction of sp³-hybridized carbons (Fsp3) is 0.750. The highest BCUT2D eigenvalue weighted by Gasteiger charge is 2.38. The molecule has 0 aromatic carbocycles. The molecule has 0 N–H and O–H groups in total. The number of ether oxygens (including phenoxy) is 1. The maximum Gasteiger partial charge on any atom is 0.303 e. The van der Waals surface area contributed by atoms with Crippen molar-refractivity contribution in [2.24, 2.45) is 5.41 Å². The fourth-order valence-electron chi connectivity index (χ4n) is 2.18. The summed E-state index contributed by atoms with van der Waals surface area (Å²) in [6.45, 7) is 3.14. The van der Waals surface area contributed by atoms with E-state index in [1.165, 1.54) is 6.92 Å². The van der Waals surface area contributed by atoms with Crippen LogP contribution in [0.2, 0.25) is 0 Å². The van der Waals surface area contributed by atoms with Gasteiger partial charge in [0.15, 0.2) is 6.10 Å². The Balaban J connectivity index is 2.65. The average Bonchev–Trinajstić information content (AvgIpc) is 2.21. The minimum Gasteiger partial charge on any atom is -0.447 e. The highest BCUT2D eigenvalue weighted by Crippen LogP contribution is 2.37. The van der Waals surface area contributed by atoms with E-state index in [0.29, 0.717) is 12.8 Å². The first kappa shape index (κ1) is 12.7. The minimum atomic E-state index is -0.801. The number of hydrogen-bond acceptors (Lipinski definition) is 4. The second kappa shape index (κ2) is 5.11. The van der Waals surface area contributed by atoms with E-state index >= 15 is 0 Å². The van der Waals surface area contributed by atoms with Crippen molar-refractivity contribution in [2.75, 3.05) is 0 Å². The van der Waals surface area contributed by atoms with Gasteiger partial charge in [-0.05, 0) is 12.8 Å². The first-order valence-electron chi connectivity index (χ1n) is 5.58. The molecule has 0 unspecified atom stereocenters. The van der Waals surface area contributed by atoms with Crippen LogP contribution in [0.15, 0.2) is 0 Å². The molecule has 1 aliphatic carbocycles. The van der Waals surface area contributed by atoms with Crippen LogP contribution in [0.3, 0.4) is 0 Å². The second-order valence-electron chi connectivity index (χ2n) is 4.62. The molecule has 1 aliphatic rings. The van der Waals surface area contributed by atoms with E-state index in [4.69, 9.17) is 10.00 Å². The molecular weight excluding hydrogens is 206 g/mol. The van der Waals surface area contributed by atoms with Crippen LogP contribution >= 0.6 is 0 Å². The molecule has 0 heterocycles. The Morgan fingerprint density at radius 2 is 2.31 bits per heavy atom. The van der Waals surface area contributed by atoms with Crippen molar-refractivity contribution in [1.82, 2.24) is 0 Å². The van der Waals surface area contributed by atoms with Crippen LogP contribution in [0, 0.1) is 16.7 Å². The van der Waals surface area contributed by atoms with Crippen molar-refractivity contribution in [3.8, 4) is 6.07 Å². The van der Waals surface area contributed by atoms with E-state index < -0.39 is 17.5 Å². The smallest absolute Gasteiger partial charge is 0.303 e. The first-order valence-corrected chi connectivity index (χ1v) is 5.58. The zero-order valence-corrected chi connectivity index (χ0v) is 9.78. The number of carbonyl (C=O) groups is 2. The fourth-order valence-corrected chi connectivity index (χ4v) is 2.18. The van der Waals surface area contributed by atoms with Gasteiger partial charge in [0, 0.05) is 25.2 Å². The molecule has 0 aliphatic heterocycles. The van der Waals surface area contributed by atoms with E-state index in [1.807, 2.05) is 13.0 Å². The van der Waals surface area contributed by atoms with Gasteiger partial charge in [0.25, 0.3) is 0 Å². The maximum atomic E-state index is 11.8. The molecular formula is C12H17NO3. The van der Waals surface area contributed by atoms with Crippen LogP contribution in [0.5, 0.6) is 0 Å². The van der Waals surface area contributed by atoms with Gasteiger partial charge in [-0.1, -0.05) is 13.3 Å². The van der Waals surface area contributed by atoms with Gasteiger partial charge in [0.05, 0.1) is 0 Å². The largest absolute Gasteiger partial charge is 0.447 e. The summed E-state index contributed by atoms with van der Waals surface area (Å²) in [6.07, 6.45) is 2.81. The lowest BCUT2D eigenvalue weighted by Gasteiger charge is -2.32. The Morgan fingerprint density at radius 1 is 1.62 bits per heavy atom. The summed E-state index contributed by atoms with van der Waals surface area (Å²) in [6, 6.07) is 1.93. The zero-order valence-electron chi connectivity index (χ0n) is 9.78. The van der Waals surface area contributed by atoms with Crippen molar-refractivity contribution in [1.29, 1.82) is 5.26 Å². The minimum absolute atomic E-state index is 0.186. The third-order valence-corrected chi connectivity index (χ3v) is 3.14.